The Morgan fingerprint density at radius 1 is 1.36 bits per heavy atom. The Morgan fingerprint density at radius 2 is 1.82 bits per heavy atom. The number of piperidine rings is 1. The third-order valence-electron chi connectivity index (χ3n) is 2.41. The molecule has 0 spiro atoms. The molecule has 1 heterocycles. The Bertz CT molecular complexity index is 148. The van der Waals surface area contributed by atoms with Crippen molar-refractivity contribution < 1.29 is 9.90 Å². The Labute approximate surface area is 67.0 Å². The van der Waals surface area contributed by atoms with E-state index in [0.717, 1.165) is 19.3 Å². The zero-order valence-corrected chi connectivity index (χ0v) is 7.08. The van der Waals surface area contributed by atoms with E-state index in [1.807, 2.05) is 13.8 Å². The van der Waals surface area contributed by atoms with E-state index in [1.165, 1.54) is 0 Å². The number of carboxylic acid groups (broad SMARTS) is 1. The van der Waals surface area contributed by atoms with Gasteiger partial charge in [-0.15, -0.1) is 0 Å². The van der Waals surface area contributed by atoms with Gasteiger partial charge in [-0.3, -0.25) is 0 Å². The molecule has 0 saturated carbocycles. The van der Waals surface area contributed by atoms with Crippen LogP contribution in [-0.2, 0) is 0 Å². The van der Waals surface area contributed by atoms with Crippen LogP contribution in [0.25, 0.3) is 0 Å². The van der Waals surface area contributed by atoms with Gasteiger partial charge in [-0.1, -0.05) is 0 Å². The van der Waals surface area contributed by atoms with Crippen LogP contribution in [0.4, 0.5) is 4.79 Å². The second kappa shape index (κ2) is 3.11. The highest BCUT2D eigenvalue weighted by molar-refractivity contribution is 5.65. The first-order chi connectivity index (χ1) is 5.13. The fraction of sp³-hybridized carbons (Fsp3) is 0.875. The van der Waals surface area contributed by atoms with Crippen LogP contribution < -0.4 is 0 Å². The minimum Gasteiger partial charge on any atom is -0.465 e. The number of hydrogen-bond donors (Lipinski definition) is 1. The molecule has 11 heavy (non-hydrogen) atoms. The number of likely N-dealkylation sites (tertiary alicyclic amines) is 1. The van der Waals surface area contributed by atoms with Crippen molar-refractivity contribution in [2.24, 2.45) is 0 Å². The first-order valence-corrected chi connectivity index (χ1v) is 4.14. The van der Waals surface area contributed by atoms with Gasteiger partial charge in [0.1, 0.15) is 0 Å². The van der Waals surface area contributed by atoms with Crippen molar-refractivity contribution in [3.63, 3.8) is 0 Å². The lowest BCUT2D eigenvalue weighted by Crippen LogP contribution is -2.46. The third-order valence-corrected chi connectivity index (χ3v) is 2.41. The predicted molar refractivity (Wildman–Crippen MR) is 42.6 cm³/mol. The van der Waals surface area contributed by atoms with Gasteiger partial charge in [-0.05, 0) is 33.1 Å². The third kappa shape index (κ3) is 1.64. The molecule has 1 saturated heterocycles. The van der Waals surface area contributed by atoms with Crippen LogP contribution in [0.3, 0.4) is 0 Å². The second-order valence-corrected chi connectivity index (χ2v) is 3.32. The predicted octanol–water partition coefficient (Wildman–Crippen LogP) is 1.93. The van der Waals surface area contributed by atoms with Gasteiger partial charge in [0.2, 0.25) is 0 Å². The average Bonchev–Trinajstić information content (AvgIpc) is 1.85. The summed E-state index contributed by atoms with van der Waals surface area (Å²) in [5.41, 5.74) is 0. The molecule has 0 bridgehead atoms. The highest BCUT2D eigenvalue weighted by atomic mass is 16.4. The monoisotopic (exact) mass is 157 g/mol. The molecule has 0 aromatic rings. The average molecular weight is 157 g/mol. The van der Waals surface area contributed by atoms with Crippen molar-refractivity contribution in [3.05, 3.63) is 0 Å². The summed E-state index contributed by atoms with van der Waals surface area (Å²) in [7, 11) is 0. The number of hydrogen-bond acceptors (Lipinski definition) is 1. The SMILES string of the molecule is C[C@H]1CCC[C@H](C)N1C(=O)O. The summed E-state index contributed by atoms with van der Waals surface area (Å²) in [4.78, 5) is 12.3. The van der Waals surface area contributed by atoms with Crippen LogP contribution in [0.5, 0.6) is 0 Å². The molecule has 0 aliphatic carbocycles. The highest BCUT2D eigenvalue weighted by Crippen LogP contribution is 2.21. The minimum absolute atomic E-state index is 0.205. The Morgan fingerprint density at radius 3 is 2.09 bits per heavy atom. The quantitative estimate of drug-likeness (QED) is 0.583. The van der Waals surface area contributed by atoms with Gasteiger partial charge < -0.3 is 10.0 Å². The Hall–Kier alpha value is -0.730. The van der Waals surface area contributed by atoms with Crippen LogP contribution in [-0.4, -0.2) is 28.2 Å². The first-order valence-electron chi connectivity index (χ1n) is 4.14. The smallest absolute Gasteiger partial charge is 0.407 e. The minimum atomic E-state index is -0.773. The van der Waals surface area contributed by atoms with Crippen molar-refractivity contribution in [3.8, 4) is 0 Å². The van der Waals surface area contributed by atoms with Crippen LogP contribution >= 0.6 is 0 Å². The molecule has 0 aromatic heterocycles. The molecule has 3 nitrogen and oxygen atoms in total. The summed E-state index contributed by atoms with van der Waals surface area (Å²) < 4.78 is 0. The maximum atomic E-state index is 10.7. The van der Waals surface area contributed by atoms with Crippen molar-refractivity contribution in [1.82, 2.24) is 4.90 Å². The fourth-order valence-corrected chi connectivity index (χ4v) is 1.80. The van der Waals surface area contributed by atoms with Crippen molar-refractivity contribution in [1.29, 1.82) is 0 Å². The second-order valence-electron chi connectivity index (χ2n) is 3.32. The molecular weight excluding hydrogens is 142 g/mol. The topological polar surface area (TPSA) is 40.5 Å². The lowest BCUT2D eigenvalue weighted by molar-refractivity contribution is 0.0838. The van der Waals surface area contributed by atoms with E-state index in [-0.39, 0.29) is 12.1 Å². The molecule has 1 aliphatic heterocycles. The van der Waals surface area contributed by atoms with Gasteiger partial charge in [0, 0.05) is 12.1 Å². The standard InChI is InChI=1S/C8H15NO2/c1-6-4-3-5-7(2)9(6)8(10)11/h6-7H,3-5H2,1-2H3,(H,10,11)/t6-,7-/m0/s1. The molecule has 0 unspecified atom stereocenters. The maximum Gasteiger partial charge on any atom is 0.407 e. The van der Waals surface area contributed by atoms with E-state index in [4.69, 9.17) is 5.11 Å². The Kier molecular flexibility index (Phi) is 2.37. The van der Waals surface area contributed by atoms with Crippen LogP contribution in [0.1, 0.15) is 33.1 Å². The van der Waals surface area contributed by atoms with Gasteiger partial charge in [0.15, 0.2) is 0 Å². The van der Waals surface area contributed by atoms with Gasteiger partial charge in [-0.2, -0.15) is 0 Å². The van der Waals surface area contributed by atoms with E-state index in [9.17, 15) is 4.79 Å². The summed E-state index contributed by atoms with van der Waals surface area (Å²) in [6.07, 6.45) is 2.41. The molecule has 0 aromatic carbocycles. The van der Waals surface area contributed by atoms with Gasteiger partial charge in [0.05, 0.1) is 0 Å². The van der Waals surface area contributed by atoms with Gasteiger partial charge in [-0.25, -0.2) is 4.79 Å². The molecule has 1 N–H and O–H groups in total. The number of rotatable bonds is 0. The molecule has 1 fully saturated rings. The summed E-state index contributed by atoms with van der Waals surface area (Å²) >= 11 is 0. The summed E-state index contributed by atoms with van der Waals surface area (Å²) in [5.74, 6) is 0. The van der Waals surface area contributed by atoms with Crippen molar-refractivity contribution >= 4 is 6.09 Å². The fourth-order valence-electron chi connectivity index (χ4n) is 1.80. The maximum absolute atomic E-state index is 10.7. The number of carbonyl (C=O) groups is 1. The van der Waals surface area contributed by atoms with E-state index < -0.39 is 6.09 Å². The lowest BCUT2D eigenvalue weighted by atomic mass is 9.98. The molecule has 3 heteroatoms. The zero-order chi connectivity index (χ0) is 8.43. The summed E-state index contributed by atoms with van der Waals surface area (Å²) in [5, 5.41) is 8.80. The summed E-state index contributed by atoms with van der Waals surface area (Å²) in [6, 6.07) is 0.410. The molecule has 1 aliphatic rings. The zero-order valence-electron chi connectivity index (χ0n) is 7.08. The van der Waals surface area contributed by atoms with E-state index in [0.29, 0.717) is 0 Å². The summed E-state index contributed by atoms with van der Waals surface area (Å²) in [6.45, 7) is 3.95. The van der Waals surface area contributed by atoms with Gasteiger partial charge >= 0.3 is 6.09 Å². The first kappa shape index (κ1) is 8.37. The van der Waals surface area contributed by atoms with Crippen LogP contribution in [0, 0.1) is 0 Å². The molecule has 2 atom stereocenters. The molecule has 1 amide bonds. The van der Waals surface area contributed by atoms with E-state index in [1.54, 1.807) is 4.90 Å². The van der Waals surface area contributed by atoms with Crippen molar-refractivity contribution in [2.45, 2.75) is 45.2 Å². The lowest BCUT2D eigenvalue weighted by Gasteiger charge is -2.36. The van der Waals surface area contributed by atoms with Crippen LogP contribution in [0.2, 0.25) is 0 Å². The van der Waals surface area contributed by atoms with Crippen LogP contribution in [0.15, 0.2) is 0 Å². The molecule has 1 rings (SSSR count). The number of amides is 1. The Balaban J connectivity index is 2.62. The highest BCUT2D eigenvalue weighted by Gasteiger charge is 2.28. The van der Waals surface area contributed by atoms with E-state index >= 15 is 0 Å². The molecule has 0 radical (unpaired) electrons. The molecule has 64 valence electrons. The molecular formula is C8H15NO2. The van der Waals surface area contributed by atoms with Crippen molar-refractivity contribution in [2.75, 3.05) is 0 Å². The van der Waals surface area contributed by atoms with E-state index in [2.05, 4.69) is 0 Å². The number of nitrogens with zero attached hydrogens (tertiary/aromatic N) is 1. The van der Waals surface area contributed by atoms with Gasteiger partial charge in [0.25, 0.3) is 0 Å². The normalized spacial score (nSPS) is 32.0. The largest absolute Gasteiger partial charge is 0.465 e.